The van der Waals surface area contributed by atoms with Gasteiger partial charge in [-0.15, -0.1) is 0 Å². The minimum atomic E-state index is -0.0868. The molecule has 1 aromatic rings. The molecule has 2 N–H and O–H groups in total. The summed E-state index contributed by atoms with van der Waals surface area (Å²) in [6.45, 7) is 0. The van der Waals surface area contributed by atoms with E-state index in [0.29, 0.717) is 3.92 Å². The van der Waals surface area contributed by atoms with Crippen LogP contribution in [-0.2, 0) is 4.79 Å². The van der Waals surface area contributed by atoms with E-state index in [4.69, 9.17) is 5.73 Å². The van der Waals surface area contributed by atoms with Crippen LogP contribution in [0, 0.1) is 0 Å². The molecule has 0 saturated carbocycles. The van der Waals surface area contributed by atoms with Crippen molar-refractivity contribution in [3.05, 3.63) is 35.9 Å². The van der Waals surface area contributed by atoms with Crippen molar-refractivity contribution < 1.29 is 26.0 Å². The molecule has 3 heteroatoms. The molecule has 76 valence electrons. The number of halogens is 1. The quantitative estimate of drug-likeness (QED) is 0.522. The second kappa shape index (κ2) is 4.29. The molecule has 1 amide bonds. The molecule has 2 nitrogen and oxygen atoms in total. The molecule has 0 spiro atoms. The summed E-state index contributed by atoms with van der Waals surface area (Å²) in [6.07, 6.45) is 2.15. The number of hydrogen-bond donors (Lipinski definition) is 1. The van der Waals surface area contributed by atoms with Crippen molar-refractivity contribution in [2.45, 2.75) is 20.7 Å². The van der Waals surface area contributed by atoms with Crippen LogP contribution in [0.1, 0.15) is 22.3 Å². The molecule has 2 unspecified atom stereocenters. The van der Waals surface area contributed by atoms with E-state index >= 15 is 0 Å². The number of benzene rings is 1. The molecule has 0 aromatic heterocycles. The van der Waals surface area contributed by atoms with Gasteiger partial charge >= 0.3 is 94.2 Å². The molecule has 0 aliphatic carbocycles. The first-order chi connectivity index (χ1) is 6.77. The number of primary amides is 1. The van der Waals surface area contributed by atoms with Crippen LogP contribution in [0.5, 0.6) is 0 Å². The van der Waals surface area contributed by atoms with Crippen LogP contribution in [0.3, 0.4) is 0 Å². The van der Waals surface area contributed by atoms with Crippen molar-refractivity contribution in [3.8, 4) is 0 Å². The van der Waals surface area contributed by atoms with Gasteiger partial charge in [-0.25, -0.2) is 0 Å². The number of rotatable bonds is 2. The van der Waals surface area contributed by atoms with E-state index in [1.807, 2.05) is 6.07 Å². The second-order valence-corrected chi connectivity index (χ2v) is 7.18. The van der Waals surface area contributed by atoms with Crippen LogP contribution in [0.4, 0.5) is 0 Å². The standard InChI is InChI=1S/C11H13INO/c13-11(14)10-7-6-9(12-10)8-4-2-1-3-5-8/h1-5,9-10H,6-7H2,(H2,13,14)/q-1. The third-order valence-electron chi connectivity index (χ3n) is 2.45. The maximum atomic E-state index is 11.0. The van der Waals surface area contributed by atoms with Crippen molar-refractivity contribution in [1.29, 1.82) is 0 Å². The average molecular weight is 302 g/mol. The van der Waals surface area contributed by atoms with E-state index in [9.17, 15) is 4.79 Å². The van der Waals surface area contributed by atoms with Crippen molar-refractivity contribution in [2.24, 2.45) is 5.73 Å². The van der Waals surface area contributed by atoms with Crippen LogP contribution < -0.4 is 26.9 Å². The molecule has 1 aromatic carbocycles. The summed E-state index contributed by atoms with van der Waals surface area (Å²) in [4.78, 5) is 11.0. The van der Waals surface area contributed by atoms with E-state index in [2.05, 4.69) is 24.3 Å². The zero-order chi connectivity index (χ0) is 9.97. The Hall–Kier alpha value is -0.580. The Labute approximate surface area is 94.1 Å². The number of alkyl halides is 2. The first kappa shape index (κ1) is 9.96. The zero-order valence-electron chi connectivity index (χ0n) is 7.82. The summed E-state index contributed by atoms with van der Waals surface area (Å²) in [5.74, 6) is -0.0868. The fraction of sp³-hybridized carbons (Fsp3) is 0.364. The van der Waals surface area contributed by atoms with E-state index in [1.165, 1.54) is 5.56 Å². The van der Waals surface area contributed by atoms with E-state index in [0.717, 1.165) is 12.8 Å². The molecule has 1 saturated heterocycles. The van der Waals surface area contributed by atoms with Crippen LogP contribution in [-0.4, -0.2) is 9.83 Å². The number of nitrogens with two attached hydrogens (primary N) is 1. The minimum absolute atomic E-state index is 0.0831. The van der Waals surface area contributed by atoms with Gasteiger partial charge in [-0.2, -0.15) is 0 Å². The Bertz CT molecular complexity index is 325. The SMILES string of the molecule is NC(=O)C1CCC(c2ccccc2)[I-]1. The van der Waals surface area contributed by atoms with E-state index in [1.54, 1.807) is 0 Å². The van der Waals surface area contributed by atoms with Crippen LogP contribution in [0.15, 0.2) is 30.3 Å². The van der Waals surface area contributed by atoms with Crippen molar-refractivity contribution in [3.63, 3.8) is 0 Å². The summed E-state index contributed by atoms with van der Waals surface area (Å²) in [6, 6.07) is 10.5. The number of carbonyl (C=O) groups is 1. The molecule has 1 fully saturated rings. The van der Waals surface area contributed by atoms with Crippen LogP contribution in [0.2, 0.25) is 0 Å². The van der Waals surface area contributed by atoms with Gasteiger partial charge in [0.15, 0.2) is 0 Å². The summed E-state index contributed by atoms with van der Waals surface area (Å²) in [5.41, 5.74) is 6.72. The number of amides is 1. The van der Waals surface area contributed by atoms with E-state index < -0.39 is 0 Å². The van der Waals surface area contributed by atoms with Crippen molar-refractivity contribution >= 4 is 5.91 Å². The number of carbonyl (C=O) groups excluding carboxylic acids is 1. The van der Waals surface area contributed by atoms with Gasteiger partial charge in [0.05, 0.1) is 0 Å². The first-order valence-corrected chi connectivity index (χ1v) is 7.23. The predicted octanol–water partition coefficient (Wildman–Crippen LogP) is -1.54. The Morgan fingerprint density at radius 2 is 2.00 bits per heavy atom. The molecule has 1 aliphatic rings. The summed E-state index contributed by atoms with van der Waals surface area (Å²) >= 11 is -0.0831. The van der Waals surface area contributed by atoms with Gasteiger partial charge in [-0.3, -0.25) is 0 Å². The molecular formula is C11H13INO-. The first-order valence-electron chi connectivity index (χ1n) is 4.73. The third kappa shape index (κ3) is 2.08. The summed E-state index contributed by atoms with van der Waals surface area (Å²) < 4.78 is 0.853. The average Bonchev–Trinajstić information content (AvgIpc) is 2.68. The Morgan fingerprint density at radius 3 is 2.57 bits per heavy atom. The van der Waals surface area contributed by atoms with Gasteiger partial charge in [0.2, 0.25) is 0 Å². The van der Waals surface area contributed by atoms with Gasteiger partial charge in [-0.1, -0.05) is 0 Å². The van der Waals surface area contributed by atoms with Gasteiger partial charge in [0.1, 0.15) is 0 Å². The molecule has 2 atom stereocenters. The zero-order valence-corrected chi connectivity index (χ0v) is 9.98. The molecule has 1 aliphatic heterocycles. The Balaban J connectivity index is 2.06. The Morgan fingerprint density at radius 1 is 1.29 bits per heavy atom. The van der Waals surface area contributed by atoms with Crippen molar-refractivity contribution in [2.75, 3.05) is 0 Å². The second-order valence-electron chi connectivity index (χ2n) is 3.45. The Kier molecular flexibility index (Phi) is 3.05. The molecule has 14 heavy (non-hydrogen) atoms. The van der Waals surface area contributed by atoms with Gasteiger partial charge in [0.25, 0.3) is 0 Å². The topological polar surface area (TPSA) is 43.1 Å². The molecule has 2 rings (SSSR count). The molecule has 0 radical (unpaired) electrons. The van der Waals surface area contributed by atoms with Crippen molar-refractivity contribution in [1.82, 2.24) is 0 Å². The monoisotopic (exact) mass is 302 g/mol. The molecule has 1 heterocycles. The third-order valence-corrected chi connectivity index (χ3v) is 6.76. The fourth-order valence-corrected chi connectivity index (χ4v) is 5.38. The van der Waals surface area contributed by atoms with Crippen LogP contribution in [0.25, 0.3) is 0 Å². The summed E-state index contributed by atoms with van der Waals surface area (Å²) in [7, 11) is 0. The fourth-order valence-electron chi connectivity index (χ4n) is 1.71. The van der Waals surface area contributed by atoms with Gasteiger partial charge < -0.3 is 0 Å². The van der Waals surface area contributed by atoms with E-state index in [-0.39, 0.29) is 31.0 Å². The van der Waals surface area contributed by atoms with Gasteiger partial charge in [0, 0.05) is 0 Å². The normalized spacial score (nSPS) is 26.9. The maximum absolute atomic E-state index is 11.0. The number of hydrogen-bond acceptors (Lipinski definition) is 1. The molecular weight excluding hydrogens is 289 g/mol. The predicted molar refractivity (Wildman–Crippen MR) is 51.4 cm³/mol. The van der Waals surface area contributed by atoms with Gasteiger partial charge in [-0.05, 0) is 0 Å². The molecule has 0 bridgehead atoms. The van der Waals surface area contributed by atoms with Crippen LogP contribution >= 0.6 is 0 Å². The summed E-state index contributed by atoms with van der Waals surface area (Å²) in [5, 5.41) is 0.